The van der Waals surface area contributed by atoms with Crippen LogP contribution in [0.25, 0.3) is 0 Å². The lowest BCUT2D eigenvalue weighted by molar-refractivity contribution is 1.80. The zero-order chi connectivity index (χ0) is 19.2. The van der Waals surface area contributed by atoms with Crippen LogP contribution >= 0.6 is 170 Å². The van der Waals surface area contributed by atoms with Crippen molar-refractivity contribution in [2.24, 2.45) is 27.1 Å². The second-order valence-electron chi connectivity index (χ2n) is 3.27. The molecule has 144 valence electrons. The fourth-order valence-electron chi connectivity index (χ4n) is 0.884. The van der Waals surface area contributed by atoms with Crippen molar-refractivity contribution in [1.82, 2.24) is 0 Å². The van der Waals surface area contributed by atoms with Crippen molar-refractivity contribution in [3.05, 3.63) is 0 Å². The second kappa shape index (κ2) is 9.15. The molecule has 24 heteroatoms. The number of hydrogen-bond donors (Lipinski definition) is 0. The smallest absolute Gasteiger partial charge is 0.185 e. The van der Waals surface area contributed by atoms with Gasteiger partial charge in [0.2, 0.25) is 0 Å². The minimum atomic E-state index is -2.91. The van der Waals surface area contributed by atoms with Crippen LogP contribution in [-0.2, 0) is 0 Å². The van der Waals surface area contributed by atoms with Crippen LogP contribution in [0.5, 0.6) is 0 Å². The van der Waals surface area contributed by atoms with Crippen LogP contribution in [0.3, 0.4) is 0 Å². The quantitative estimate of drug-likeness (QED) is 0.226. The van der Waals surface area contributed by atoms with E-state index in [0.29, 0.717) is 0 Å². The van der Waals surface area contributed by atoms with E-state index in [-0.39, 0.29) is 0 Å². The molecular weight excluding hydrogens is 695 g/mol. The average Bonchev–Trinajstić information content (AvgIpc) is 1.97. The van der Waals surface area contributed by atoms with Gasteiger partial charge in [-0.2, -0.15) is 27.1 Å². The average molecular weight is 695 g/mol. The van der Waals surface area contributed by atoms with Gasteiger partial charge in [-0.15, -0.1) is 0 Å². The minimum absolute atomic E-state index is 2.91. The van der Waals surface area contributed by atoms with E-state index in [2.05, 4.69) is 27.1 Å². The summed E-state index contributed by atoms with van der Waals surface area (Å²) in [4.78, 5) is 0. The summed E-state index contributed by atoms with van der Waals surface area (Å²) < 4.78 is 21.9. The summed E-state index contributed by atoms with van der Waals surface area (Å²) in [6, 6.07) is 0. The molecule has 0 radical (unpaired) electrons. The van der Waals surface area contributed by atoms with E-state index in [1.807, 2.05) is 0 Å². The fourth-order valence-corrected chi connectivity index (χ4v) is 38.5. The Bertz CT molecular complexity index is 621. The Hall–Kier alpha value is 4.86. The van der Waals surface area contributed by atoms with Crippen LogP contribution in [0, 0.1) is 0 Å². The molecule has 0 aromatic rings. The molecule has 0 spiro atoms. The molecule has 0 saturated heterocycles. The topological polar surface area (TPSA) is 74.2 Å². The van der Waals surface area contributed by atoms with E-state index in [0.717, 1.165) is 0 Å². The Labute approximate surface area is 195 Å². The first-order valence-electron chi connectivity index (χ1n) is 4.43. The molecule has 0 atom stereocenters. The predicted molar refractivity (Wildman–Crippen MR) is 126 cm³/mol. The Kier molecular flexibility index (Phi) is 10.3. The van der Waals surface area contributed by atoms with Crippen LogP contribution < -0.4 is 0 Å². The molecule has 0 aliphatic carbocycles. The first kappa shape index (κ1) is 26.9. The van der Waals surface area contributed by atoms with E-state index in [9.17, 15) is 0 Å². The second-order valence-corrected chi connectivity index (χ2v) is 33.1. The molecule has 6 nitrogen and oxygen atoms in total. The molecule has 0 bridgehead atoms. The van der Waals surface area contributed by atoms with Crippen molar-refractivity contribution < 1.29 is 0 Å². The maximum absolute atomic E-state index is 5.64. The molecule has 24 heavy (non-hydrogen) atoms. The molecule has 2 aliphatic rings. The normalized spacial score (nSPS) is 29.5. The van der Waals surface area contributed by atoms with E-state index >= 15 is 0 Å². The summed E-state index contributed by atoms with van der Waals surface area (Å²) in [7, 11) is 0. The van der Waals surface area contributed by atoms with E-state index in [4.69, 9.17) is 135 Å². The van der Waals surface area contributed by atoms with Crippen molar-refractivity contribution in [3.8, 4) is 0 Å². The molecule has 0 unspecified atom stereocenters. The van der Waals surface area contributed by atoms with Gasteiger partial charge in [-0.3, -0.25) is 0 Å². The largest absolute Gasteiger partial charge is 0.257 e. The van der Waals surface area contributed by atoms with Crippen molar-refractivity contribution in [2.45, 2.75) is 0 Å². The zero-order valence-corrected chi connectivity index (χ0v) is 24.3. The van der Waals surface area contributed by atoms with Gasteiger partial charge in [0.15, 0.2) is 0 Å². The minimum Gasteiger partial charge on any atom is -0.185 e. The van der Waals surface area contributed by atoms with Gasteiger partial charge in [-0.25, -0.2) is 0 Å². The number of nitrogens with zero attached hydrogens (tertiary/aromatic N) is 6. The first-order chi connectivity index (χ1) is 10.2. The van der Waals surface area contributed by atoms with Gasteiger partial charge in [0.25, 0.3) is 35.5 Å². The summed E-state index contributed by atoms with van der Waals surface area (Å²) in [5, 5.41) is 0. The molecule has 0 saturated carbocycles. The third-order valence-corrected chi connectivity index (χ3v) is 26.2. The lowest BCUT2D eigenvalue weighted by Crippen LogP contribution is -1.62. The lowest BCUT2D eigenvalue weighted by atomic mass is 13.8. The highest BCUT2D eigenvalue weighted by atomic mass is 35.9. The molecular formula is Cl12N6P6. The van der Waals surface area contributed by atoms with Crippen LogP contribution in [-0.4, -0.2) is 0 Å². The number of rotatable bonds is 0. The SMILES string of the molecule is ClP1(Cl)=NP(Cl)(Cl)=NP(Cl)(Cl)=N1.ClP1(Cl)=NP(Cl)(Cl)=NP(Cl)(Cl)=N1. The number of hydrogen-bond acceptors (Lipinski definition) is 6. The van der Waals surface area contributed by atoms with Gasteiger partial charge >= 0.3 is 0 Å². The van der Waals surface area contributed by atoms with Crippen LogP contribution in [0.2, 0.25) is 0 Å². The molecule has 0 N–H and O–H groups in total. The highest BCUT2D eigenvalue weighted by Crippen LogP contribution is 2.88. The van der Waals surface area contributed by atoms with Gasteiger partial charge in [-0.05, 0) is 135 Å². The molecule has 0 amide bonds. The van der Waals surface area contributed by atoms with Gasteiger partial charge < -0.3 is 0 Å². The highest BCUT2D eigenvalue weighted by Gasteiger charge is 2.31. The van der Waals surface area contributed by atoms with Gasteiger partial charge in [0, 0.05) is 0 Å². The van der Waals surface area contributed by atoms with Gasteiger partial charge in [-0.1, -0.05) is 0 Å². The maximum atomic E-state index is 5.64. The third-order valence-electron chi connectivity index (χ3n) is 1.29. The van der Waals surface area contributed by atoms with Gasteiger partial charge in [0.05, 0.1) is 0 Å². The first-order valence-corrected chi connectivity index (χ1v) is 25.5. The summed E-state index contributed by atoms with van der Waals surface area (Å²) in [6.07, 6.45) is 0. The maximum Gasteiger partial charge on any atom is 0.257 e. The fraction of sp³-hybridized carbons (Fsp3) is 0. The standard InChI is InChI=1S/2Cl6N3P3/c2*1-10(2)7-11(3,4)9-12(5,6)8-10. The van der Waals surface area contributed by atoms with Gasteiger partial charge in [0.1, 0.15) is 0 Å². The molecule has 2 rings (SSSR count). The third kappa shape index (κ3) is 10.8. The van der Waals surface area contributed by atoms with Crippen molar-refractivity contribution in [3.63, 3.8) is 0 Å². The summed E-state index contributed by atoms with van der Waals surface area (Å²) in [6.45, 7) is 0. The summed E-state index contributed by atoms with van der Waals surface area (Å²) in [5.74, 6) is -17.4. The van der Waals surface area contributed by atoms with Crippen LogP contribution in [0.4, 0.5) is 0 Å². The van der Waals surface area contributed by atoms with E-state index in [1.54, 1.807) is 0 Å². The molecule has 2 heterocycles. The van der Waals surface area contributed by atoms with Crippen molar-refractivity contribution in [2.75, 3.05) is 0 Å². The Balaban J connectivity index is 0.000000240. The van der Waals surface area contributed by atoms with E-state index < -0.39 is 35.5 Å². The Morgan fingerprint density at radius 2 is 0.333 bits per heavy atom. The van der Waals surface area contributed by atoms with Crippen LogP contribution in [0.1, 0.15) is 0 Å². The number of halogens is 12. The molecule has 0 aromatic heterocycles. The summed E-state index contributed by atoms with van der Waals surface area (Å²) in [5.41, 5.74) is 0. The monoisotopic (exact) mass is 689 g/mol. The molecule has 2 aliphatic heterocycles. The van der Waals surface area contributed by atoms with Crippen molar-refractivity contribution in [1.29, 1.82) is 0 Å². The van der Waals surface area contributed by atoms with Crippen LogP contribution in [0.15, 0.2) is 27.1 Å². The highest BCUT2D eigenvalue weighted by molar-refractivity contribution is 8.27. The van der Waals surface area contributed by atoms with E-state index in [1.165, 1.54) is 0 Å². The Morgan fingerprint density at radius 3 is 0.417 bits per heavy atom. The summed E-state index contributed by atoms with van der Waals surface area (Å²) >= 11 is 67.7. The molecule has 0 fully saturated rings. The lowest BCUT2D eigenvalue weighted by Gasteiger charge is -2.16. The van der Waals surface area contributed by atoms with Crippen molar-refractivity contribution >= 4 is 170 Å². The predicted octanol–water partition coefficient (Wildman–Crippen LogP) is 14.5. The molecule has 0 aromatic carbocycles. The Morgan fingerprint density at radius 1 is 0.250 bits per heavy atom. The zero-order valence-electron chi connectivity index (χ0n) is 9.90.